The number of aryl methyl sites for hydroxylation is 1. The Morgan fingerprint density at radius 3 is 2.73 bits per heavy atom. The third-order valence-corrected chi connectivity index (χ3v) is 5.28. The lowest BCUT2D eigenvalue weighted by Gasteiger charge is -2.46. The van der Waals surface area contributed by atoms with Crippen LogP contribution in [0.2, 0.25) is 0 Å². The van der Waals surface area contributed by atoms with E-state index >= 15 is 0 Å². The molecular weight excluding hydrogens is 276 g/mol. The lowest BCUT2D eigenvalue weighted by atomic mass is 9.92. The summed E-state index contributed by atoms with van der Waals surface area (Å²) < 4.78 is 1.87. The summed E-state index contributed by atoms with van der Waals surface area (Å²) in [6.45, 7) is 4.64. The third kappa shape index (κ3) is 3.89. The van der Waals surface area contributed by atoms with E-state index in [2.05, 4.69) is 21.1 Å². The fourth-order valence-corrected chi connectivity index (χ4v) is 4.19. The highest BCUT2D eigenvalue weighted by atomic mass is 16.3. The highest BCUT2D eigenvalue weighted by molar-refractivity contribution is 5.04. The van der Waals surface area contributed by atoms with E-state index in [4.69, 9.17) is 0 Å². The molecule has 1 N–H and O–H groups in total. The number of hydrogen-bond acceptors (Lipinski definition) is 4. The van der Waals surface area contributed by atoms with Gasteiger partial charge in [-0.15, -0.1) is 0 Å². The van der Waals surface area contributed by atoms with Gasteiger partial charge in [0.1, 0.15) is 0 Å². The van der Waals surface area contributed by atoms with Gasteiger partial charge in [-0.05, 0) is 19.3 Å². The first-order chi connectivity index (χ1) is 10.8. The van der Waals surface area contributed by atoms with Gasteiger partial charge in [-0.25, -0.2) is 0 Å². The van der Waals surface area contributed by atoms with Crippen LogP contribution in [0.4, 0.5) is 0 Å². The molecule has 1 saturated heterocycles. The second-order valence-electron chi connectivity index (χ2n) is 6.95. The Labute approximate surface area is 133 Å². The van der Waals surface area contributed by atoms with Crippen LogP contribution >= 0.6 is 0 Å². The van der Waals surface area contributed by atoms with Crippen LogP contribution in [0.15, 0.2) is 12.4 Å². The van der Waals surface area contributed by atoms with E-state index in [1.54, 1.807) is 0 Å². The van der Waals surface area contributed by atoms with E-state index in [0.29, 0.717) is 12.6 Å². The van der Waals surface area contributed by atoms with Crippen molar-refractivity contribution in [2.75, 3.05) is 26.2 Å². The average Bonchev–Trinajstić information content (AvgIpc) is 2.94. The molecule has 5 nitrogen and oxygen atoms in total. The summed E-state index contributed by atoms with van der Waals surface area (Å²) in [7, 11) is 1.97. The highest BCUT2D eigenvalue weighted by Crippen LogP contribution is 2.27. The molecule has 22 heavy (non-hydrogen) atoms. The van der Waals surface area contributed by atoms with Crippen LogP contribution in [0, 0.1) is 0 Å². The van der Waals surface area contributed by atoms with E-state index < -0.39 is 0 Å². The van der Waals surface area contributed by atoms with Crippen LogP contribution in [0.25, 0.3) is 0 Å². The van der Waals surface area contributed by atoms with Crippen LogP contribution in [-0.4, -0.2) is 63.0 Å². The molecule has 1 aliphatic carbocycles. The lowest BCUT2D eigenvalue weighted by molar-refractivity contribution is 0.0137. The van der Waals surface area contributed by atoms with Crippen molar-refractivity contribution in [2.45, 2.75) is 57.2 Å². The Hall–Kier alpha value is -0.910. The van der Waals surface area contributed by atoms with Crippen molar-refractivity contribution in [1.29, 1.82) is 0 Å². The first-order valence-corrected chi connectivity index (χ1v) is 8.83. The Morgan fingerprint density at radius 1 is 1.23 bits per heavy atom. The minimum atomic E-state index is 0.300. The summed E-state index contributed by atoms with van der Waals surface area (Å²) in [5.41, 5.74) is 1.29. The minimum absolute atomic E-state index is 0.300. The molecule has 1 aromatic heterocycles. The van der Waals surface area contributed by atoms with Gasteiger partial charge in [0.2, 0.25) is 0 Å². The quantitative estimate of drug-likeness (QED) is 0.898. The number of aliphatic hydroxyl groups excluding tert-OH is 1. The van der Waals surface area contributed by atoms with Crippen molar-refractivity contribution >= 4 is 0 Å². The maximum absolute atomic E-state index is 9.46. The van der Waals surface area contributed by atoms with Gasteiger partial charge in [0.05, 0.1) is 6.20 Å². The second kappa shape index (κ2) is 7.57. The monoisotopic (exact) mass is 306 g/mol. The molecule has 0 aromatic carbocycles. The number of hydrogen-bond donors (Lipinski definition) is 1. The summed E-state index contributed by atoms with van der Waals surface area (Å²) in [6.07, 6.45) is 11.8. The normalized spacial score (nSPS) is 25.6. The molecule has 1 aliphatic heterocycles. The Balaban J connectivity index is 1.59. The fourth-order valence-electron chi connectivity index (χ4n) is 4.19. The van der Waals surface area contributed by atoms with Gasteiger partial charge in [0.15, 0.2) is 0 Å². The van der Waals surface area contributed by atoms with E-state index in [1.807, 2.05) is 17.9 Å². The zero-order chi connectivity index (χ0) is 15.4. The van der Waals surface area contributed by atoms with Gasteiger partial charge in [-0.1, -0.05) is 19.3 Å². The minimum Gasteiger partial charge on any atom is -0.396 e. The van der Waals surface area contributed by atoms with E-state index in [9.17, 15) is 5.11 Å². The van der Waals surface area contributed by atoms with Crippen LogP contribution in [0.3, 0.4) is 0 Å². The Morgan fingerprint density at radius 2 is 2.05 bits per heavy atom. The molecule has 2 aliphatic rings. The molecule has 5 heteroatoms. The van der Waals surface area contributed by atoms with Gasteiger partial charge in [0, 0.05) is 63.7 Å². The maximum Gasteiger partial charge on any atom is 0.0534 e. The van der Waals surface area contributed by atoms with Crippen molar-refractivity contribution in [3.05, 3.63) is 18.0 Å². The molecule has 0 bridgehead atoms. The van der Waals surface area contributed by atoms with E-state index in [0.717, 1.165) is 38.6 Å². The molecule has 3 rings (SSSR count). The Bertz CT molecular complexity index is 455. The van der Waals surface area contributed by atoms with E-state index in [-0.39, 0.29) is 0 Å². The molecule has 0 radical (unpaired) electrons. The largest absolute Gasteiger partial charge is 0.396 e. The SMILES string of the molecule is Cn1cc(CN2CCN(C3CCCCC3)[C@H](CCO)C2)cn1. The van der Waals surface area contributed by atoms with Crippen molar-refractivity contribution < 1.29 is 5.11 Å². The maximum atomic E-state index is 9.46. The van der Waals surface area contributed by atoms with Gasteiger partial charge in [0.25, 0.3) is 0 Å². The number of piperazine rings is 1. The van der Waals surface area contributed by atoms with Crippen LogP contribution in [0.1, 0.15) is 44.1 Å². The lowest BCUT2D eigenvalue weighted by Crippen LogP contribution is -2.56. The predicted molar refractivity (Wildman–Crippen MR) is 87.6 cm³/mol. The third-order valence-electron chi connectivity index (χ3n) is 5.28. The summed E-state index contributed by atoms with van der Waals surface area (Å²) in [6, 6.07) is 1.27. The number of rotatable bonds is 5. The zero-order valence-corrected chi connectivity index (χ0v) is 13.8. The molecule has 1 saturated carbocycles. The molecule has 0 amide bonds. The topological polar surface area (TPSA) is 44.5 Å². The fraction of sp³-hybridized carbons (Fsp3) is 0.824. The second-order valence-corrected chi connectivity index (χ2v) is 6.95. The average molecular weight is 306 g/mol. The molecule has 124 valence electrons. The van der Waals surface area contributed by atoms with Crippen molar-refractivity contribution in [2.24, 2.45) is 7.05 Å². The van der Waals surface area contributed by atoms with Crippen LogP contribution in [-0.2, 0) is 13.6 Å². The van der Waals surface area contributed by atoms with Crippen molar-refractivity contribution in [1.82, 2.24) is 19.6 Å². The van der Waals surface area contributed by atoms with E-state index in [1.165, 1.54) is 37.7 Å². The molecule has 1 aromatic rings. The smallest absolute Gasteiger partial charge is 0.0534 e. The van der Waals surface area contributed by atoms with Gasteiger partial charge in [-0.3, -0.25) is 14.5 Å². The summed E-state index contributed by atoms with van der Waals surface area (Å²) in [5, 5.41) is 13.7. The van der Waals surface area contributed by atoms with Crippen LogP contribution < -0.4 is 0 Å². The molecule has 0 unspecified atom stereocenters. The molecule has 2 heterocycles. The van der Waals surface area contributed by atoms with Crippen LogP contribution in [0.5, 0.6) is 0 Å². The standard InChI is InChI=1S/C17H30N4O/c1-19-12-15(11-18-19)13-20-8-9-21(17(14-20)7-10-22)16-5-3-2-4-6-16/h11-12,16-17,22H,2-10,13-14H2,1H3/t17-/m1/s1. The number of nitrogens with zero attached hydrogens (tertiary/aromatic N) is 4. The first kappa shape index (κ1) is 16.0. The summed E-state index contributed by atoms with van der Waals surface area (Å²) in [4.78, 5) is 5.23. The summed E-state index contributed by atoms with van der Waals surface area (Å²) in [5.74, 6) is 0. The zero-order valence-electron chi connectivity index (χ0n) is 13.8. The van der Waals surface area contributed by atoms with Gasteiger partial charge in [-0.2, -0.15) is 5.10 Å². The number of aliphatic hydroxyl groups is 1. The molecular formula is C17H30N4O. The van der Waals surface area contributed by atoms with Crippen molar-refractivity contribution in [3.63, 3.8) is 0 Å². The molecule has 2 fully saturated rings. The molecule has 0 spiro atoms. The highest BCUT2D eigenvalue weighted by Gasteiger charge is 2.32. The summed E-state index contributed by atoms with van der Waals surface area (Å²) >= 11 is 0. The van der Waals surface area contributed by atoms with Gasteiger partial charge < -0.3 is 5.11 Å². The Kier molecular flexibility index (Phi) is 5.50. The number of aromatic nitrogens is 2. The molecule has 1 atom stereocenters. The first-order valence-electron chi connectivity index (χ1n) is 8.83. The van der Waals surface area contributed by atoms with Gasteiger partial charge >= 0.3 is 0 Å². The predicted octanol–water partition coefficient (Wildman–Crippen LogP) is 1.62. The van der Waals surface area contributed by atoms with Crippen molar-refractivity contribution in [3.8, 4) is 0 Å².